The van der Waals surface area contributed by atoms with Crippen LogP contribution in [0.2, 0.25) is 0 Å². The largest absolute Gasteiger partial charge is 0.487 e. The monoisotopic (exact) mass is 303 g/mol. The summed E-state index contributed by atoms with van der Waals surface area (Å²) >= 11 is 3.29. The van der Waals surface area contributed by atoms with Crippen LogP contribution >= 0.6 is 15.9 Å². The van der Waals surface area contributed by atoms with Crippen LogP contribution in [-0.2, 0) is 0 Å². The number of benzene rings is 1. The van der Waals surface area contributed by atoms with Crippen molar-refractivity contribution >= 4 is 15.9 Å². The van der Waals surface area contributed by atoms with E-state index in [2.05, 4.69) is 36.7 Å². The highest BCUT2D eigenvalue weighted by molar-refractivity contribution is 9.10. The summed E-state index contributed by atoms with van der Waals surface area (Å²) in [6, 6.07) is 4.27. The van der Waals surface area contributed by atoms with Crippen LogP contribution in [-0.4, -0.2) is 12.1 Å². The van der Waals surface area contributed by atoms with Crippen molar-refractivity contribution in [1.82, 2.24) is 0 Å². The lowest BCUT2D eigenvalue weighted by molar-refractivity contribution is 0.0676. The average molecular weight is 304 g/mol. The first-order valence-corrected chi connectivity index (χ1v) is 6.38. The van der Waals surface area contributed by atoms with E-state index in [1.807, 2.05) is 6.92 Å². The fraction of sp³-hybridized carbons (Fsp3) is 0.538. The van der Waals surface area contributed by atoms with E-state index in [0.29, 0.717) is 10.2 Å². The zero-order valence-electron chi connectivity index (χ0n) is 10.6. The molecule has 17 heavy (non-hydrogen) atoms. The molecule has 0 saturated heterocycles. The zero-order chi connectivity index (χ0) is 13.2. The molecule has 0 saturated carbocycles. The summed E-state index contributed by atoms with van der Waals surface area (Å²) in [6.45, 7) is 8.11. The molecule has 0 fully saturated rings. The summed E-state index contributed by atoms with van der Waals surface area (Å²) in [5.74, 6) is 0.320. The predicted molar refractivity (Wildman–Crippen MR) is 71.6 cm³/mol. The number of hydrogen-bond donors (Lipinski definition) is 1. The van der Waals surface area contributed by atoms with Gasteiger partial charge in [0, 0.05) is 11.5 Å². The van der Waals surface area contributed by atoms with E-state index >= 15 is 0 Å². The van der Waals surface area contributed by atoms with Gasteiger partial charge in [-0.3, -0.25) is 0 Å². The standard InChI is InChI=1S/C13H19BrFNO/c1-8(16)12(13(2,3)4)17-11-6-5-9(15)7-10(11)14/h5-8,12H,16H2,1-4H3. The van der Waals surface area contributed by atoms with Crippen molar-refractivity contribution in [3.63, 3.8) is 0 Å². The van der Waals surface area contributed by atoms with E-state index in [0.717, 1.165) is 0 Å². The maximum absolute atomic E-state index is 13.0. The lowest BCUT2D eigenvalue weighted by atomic mass is 9.85. The summed E-state index contributed by atoms with van der Waals surface area (Å²) < 4.78 is 19.5. The molecule has 0 aliphatic rings. The first-order chi connectivity index (χ1) is 7.71. The Morgan fingerprint density at radius 2 is 1.94 bits per heavy atom. The van der Waals surface area contributed by atoms with Crippen LogP contribution in [0.4, 0.5) is 4.39 Å². The Morgan fingerprint density at radius 3 is 2.35 bits per heavy atom. The highest BCUT2D eigenvalue weighted by Crippen LogP contribution is 2.31. The summed E-state index contributed by atoms with van der Waals surface area (Å²) in [5.41, 5.74) is 5.85. The molecule has 2 unspecified atom stereocenters. The molecule has 0 radical (unpaired) electrons. The van der Waals surface area contributed by atoms with Gasteiger partial charge in [-0.05, 0) is 41.1 Å². The maximum atomic E-state index is 13.0. The van der Waals surface area contributed by atoms with E-state index in [-0.39, 0.29) is 23.4 Å². The number of nitrogens with two attached hydrogens (primary N) is 1. The third-order valence-corrected chi connectivity index (χ3v) is 3.10. The van der Waals surface area contributed by atoms with E-state index in [1.165, 1.54) is 12.1 Å². The molecule has 96 valence electrons. The highest BCUT2D eigenvalue weighted by atomic mass is 79.9. The molecule has 4 heteroatoms. The van der Waals surface area contributed by atoms with Gasteiger partial charge in [-0.15, -0.1) is 0 Å². The molecule has 1 aromatic carbocycles. The molecule has 0 aliphatic carbocycles. The van der Waals surface area contributed by atoms with E-state index in [1.54, 1.807) is 6.07 Å². The van der Waals surface area contributed by atoms with Crippen molar-refractivity contribution in [2.75, 3.05) is 0 Å². The zero-order valence-corrected chi connectivity index (χ0v) is 12.2. The van der Waals surface area contributed by atoms with Crippen molar-refractivity contribution < 1.29 is 9.13 Å². The molecule has 0 spiro atoms. The van der Waals surface area contributed by atoms with Crippen LogP contribution in [0, 0.1) is 11.2 Å². The van der Waals surface area contributed by atoms with Crippen molar-refractivity contribution in [2.24, 2.45) is 11.1 Å². The van der Waals surface area contributed by atoms with E-state index in [4.69, 9.17) is 10.5 Å². The number of hydrogen-bond acceptors (Lipinski definition) is 2. The molecular weight excluding hydrogens is 285 g/mol. The smallest absolute Gasteiger partial charge is 0.134 e. The average Bonchev–Trinajstić information content (AvgIpc) is 2.13. The molecule has 0 bridgehead atoms. The van der Waals surface area contributed by atoms with Gasteiger partial charge >= 0.3 is 0 Å². The fourth-order valence-electron chi connectivity index (χ4n) is 1.78. The number of rotatable bonds is 3. The summed E-state index contributed by atoms with van der Waals surface area (Å²) in [4.78, 5) is 0. The van der Waals surface area contributed by atoms with Gasteiger partial charge in [0.15, 0.2) is 0 Å². The van der Waals surface area contributed by atoms with Gasteiger partial charge < -0.3 is 10.5 Å². The van der Waals surface area contributed by atoms with Gasteiger partial charge in [0.05, 0.1) is 4.47 Å². The Labute approximate surface area is 110 Å². The Morgan fingerprint density at radius 1 is 1.35 bits per heavy atom. The Balaban J connectivity index is 2.94. The SMILES string of the molecule is CC(N)C(Oc1ccc(F)cc1Br)C(C)(C)C. The third-order valence-electron chi connectivity index (χ3n) is 2.48. The van der Waals surface area contributed by atoms with Crippen LogP contribution in [0.5, 0.6) is 5.75 Å². The van der Waals surface area contributed by atoms with Crippen LogP contribution in [0.25, 0.3) is 0 Å². The van der Waals surface area contributed by atoms with Crippen LogP contribution in [0.15, 0.2) is 22.7 Å². The molecule has 0 aromatic heterocycles. The van der Waals surface area contributed by atoms with Crippen molar-refractivity contribution in [3.8, 4) is 5.75 Å². The van der Waals surface area contributed by atoms with Gasteiger partial charge in [-0.1, -0.05) is 20.8 Å². The minimum Gasteiger partial charge on any atom is -0.487 e. The quantitative estimate of drug-likeness (QED) is 0.923. The van der Waals surface area contributed by atoms with Crippen molar-refractivity contribution in [1.29, 1.82) is 0 Å². The Bertz CT molecular complexity index is 387. The van der Waals surface area contributed by atoms with Crippen LogP contribution < -0.4 is 10.5 Å². The minimum atomic E-state index is -0.294. The molecule has 1 rings (SSSR count). The first kappa shape index (κ1) is 14.5. The van der Waals surface area contributed by atoms with Gasteiger partial charge in [-0.25, -0.2) is 4.39 Å². The van der Waals surface area contributed by atoms with E-state index < -0.39 is 0 Å². The summed E-state index contributed by atoms with van der Waals surface area (Å²) in [6.07, 6.45) is -0.135. The van der Waals surface area contributed by atoms with Crippen LogP contribution in [0.3, 0.4) is 0 Å². The van der Waals surface area contributed by atoms with Crippen molar-refractivity contribution in [2.45, 2.75) is 39.8 Å². The molecule has 0 amide bonds. The molecule has 2 nitrogen and oxygen atoms in total. The molecular formula is C13H19BrFNO. The fourth-order valence-corrected chi connectivity index (χ4v) is 2.22. The molecule has 2 atom stereocenters. The summed E-state index contributed by atoms with van der Waals surface area (Å²) in [5, 5.41) is 0. The lowest BCUT2D eigenvalue weighted by Gasteiger charge is -2.34. The second kappa shape index (κ2) is 5.36. The van der Waals surface area contributed by atoms with Crippen molar-refractivity contribution in [3.05, 3.63) is 28.5 Å². The second-order valence-electron chi connectivity index (χ2n) is 5.34. The summed E-state index contributed by atoms with van der Waals surface area (Å²) in [7, 11) is 0. The van der Waals surface area contributed by atoms with Gasteiger partial charge in [0.1, 0.15) is 17.7 Å². The molecule has 0 heterocycles. The maximum Gasteiger partial charge on any atom is 0.134 e. The van der Waals surface area contributed by atoms with Crippen LogP contribution in [0.1, 0.15) is 27.7 Å². The molecule has 2 N–H and O–H groups in total. The third kappa shape index (κ3) is 3.96. The normalized spacial score (nSPS) is 15.5. The minimum absolute atomic E-state index is 0.0814. The van der Waals surface area contributed by atoms with Gasteiger partial charge in [0.25, 0.3) is 0 Å². The highest BCUT2D eigenvalue weighted by Gasteiger charge is 2.30. The molecule has 1 aromatic rings. The van der Waals surface area contributed by atoms with Gasteiger partial charge in [-0.2, -0.15) is 0 Å². The molecule has 0 aliphatic heterocycles. The predicted octanol–water partition coefficient (Wildman–Crippen LogP) is 3.73. The van der Waals surface area contributed by atoms with Gasteiger partial charge in [0.2, 0.25) is 0 Å². The lowest BCUT2D eigenvalue weighted by Crippen LogP contribution is -2.45. The second-order valence-corrected chi connectivity index (χ2v) is 6.19. The Hall–Kier alpha value is -0.610. The number of halogens is 2. The first-order valence-electron chi connectivity index (χ1n) is 5.59. The Kier molecular flexibility index (Phi) is 4.55. The van der Waals surface area contributed by atoms with E-state index in [9.17, 15) is 4.39 Å². The number of ether oxygens (including phenoxy) is 1. The topological polar surface area (TPSA) is 35.2 Å².